The van der Waals surface area contributed by atoms with Crippen LogP contribution in [0.3, 0.4) is 0 Å². The highest BCUT2D eigenvalue weighted by molar-refractivity contribution is 7.13. The van der Waals surface area contributed by atoms with E-state index in [9.17, 15) is 19.5 Å². The number of carbonyl (C=O) groups is 3. The highest BCUT2D eigenvalue weighted by Gasteiger charge is 2.33. The number of carbonyl (C=O) groups excluding carboxylic acids is 3. The summed E-state index contributed by atoms with van der Waals surface area (Å²) in [6.45, 7) is 6.39. The lowest BCUT2D eigenvalue weighted by molar-refractivity contribution is -0.127. The molecular weight excluding hydrogens is 518 g/mol. The minimum Gasteiger partial charge on any atom is -0.508 e. The van der Waals surface area contributed by atoms with Gasteiger partial charge < -0.3 is 26.5 Å². The molecule has 2 aromatic carbocycles. The second kappa shape index (κ2) is 11.6. The fourth-order valence-corrected chi connectivity index (χ4v) is 4.84. The number of Topliss-reactive ketones (excluding diaryl/α,β-unsaturated/α-hetero) is 1. The van der Waals surface area contributed by atoms with Crippen LogP contribution in [-0.2, 0) is 22.6 Å². The monoisotopic (exact) mass is 549 g/mol. The number of hydrogen-bond acceptors (Lipinski definition) is 9. The van der Waals surface area contributed by atoms with E-state index in [0.29, 0.717) is 28.3 Å². The summed E-state index contributed by atoms with van der Waals surface area (Å²) in [5, 5.41) is 17.5. The van der Waals surface area contributed by atoms with Crippen molar-refractivity contribution in [1.82, 2.24) is 14.5 Å². The summed E-state index contributed by atoms with van der Waals surface area (Å²) in [6, 6.07) is 8.91. The van der Waals surface area contributed by atoms with Crippen LogP contribution in [0.4, 0.5) is 11.1 Å². The summed E-state index contributed by atoms with van der Waals surface area (Å²) in [6.07, 6.45) is 0.170. The first-order chi connectivity index (χ1) is 18.5. The lowest BCUT2D eigenvalue weighted by Gasteiger charge is -2.21. The average molecular weight is 550 g/mol. The Balaban J connectivity index is 1.65. The number of anilines is 2. The molecule has 0 saturated heterocycles. The van der Waals surface area contributed by atoms with Gasteiger partial charge in [-0.25, -0.2) is 9.97 Å². The molecular formula is C27H31N7O4S. The normalized spacial score (nSPS) is 12.8. The third kappa shape index (κ3) is 6.59. The Labute approximate surface area is 229 Å². The van der Waals surface area contributed by atoms with Crippen LogP contribution in [0.2, 0.25) is 0 Å². The number of amides is 2. The van der Waals surface area contributed by atoms with E-state index in [1.54, 1.807) is 35.7 Å². The largest absolute Gasteiger partial charge is 0.508 e. The summed E-state index contributed by atoms with van der Waals surface area (Å²) >= 11 is 1.27. The molecule has 11 nitrogen and oxygen atoms in total. The van der Waals surface area contributed by atoms with Crippen LogP contribution in [0, 0.1) is 12.8 Å². The Hall–Kier alpha value is -4.29. The number of imidazole rings is 1. The Morgan fingerprint density at radius 1 is 1.10 bits per heavy atom. The first-order valence-corrected chi connectivity index (χ1v) is 13.3. The molecule has 0 aliphatic rings. The molecule has 0 saturated carbocycles. The van der Waals surface area contributed by atoms with E-state index in [4.69, 9.17) is 11.5 Å². The van der Waals surface area contributed by atoms with Gasteiger partial charge in [0.15, 0.2) is 17.0 Å². The Morgan fingerprint density at radius 2 is 1.82 bits per heavy atom. The van der Waals surface area contributed by atoms with E-state index < -0.39 is 29.7 Å². The Kier molecular flexibility index (Phi) is 8.27. The van der Waals surface area contributed by atoms with Crippen molar-refractivity contribution in [2.75, 3.05) is 10.6 Å². The third-order valence-corrected chi connectivity index (χ3v) is 6.90. The molecule has 39 heavy (non-hydrogen) atoms. The Bertz CT molecular complexity index is 1510. The van der Waals surface area contributed by atoms with Crippen LogP contribution < -0.4 is 22.1 Å². The van der Waals surface area contributed by atoms with Gasteiger partial charge in [-0.15, -0.1) is 11.3 Å². The van der Waals surface area contributed by atoms with Gasteiger partial charge in [0.2, 0.25) is 11.9 Å². The smallest absolute Gasteiger partial charge is 0.257 e. The number of aryl methyl sites for hydroxylation is 1. The van der Waals surface area contributed by atoms with Crippen LogP contribution in [0.15, 0.2) is 47.8 Å². The lowest BCUT2D eigenvalue weighted by atomic mass is 9.98. The standard InChI is InChI=1S/C27H31N7O4S/c1-14(2)12-34-21-9-6-17(24(29)37)11-20(21)31-26(34)33-25(38)22(32-27-30-15(3)13-39-27)23(36)19(28)10-16-4-7-18(35)8-5-16/h4-9,11,13-14,19,22,35H,10,12,28H2,1-3H3,(H2,29,37)(H,30,32)(H,31,33,38)/t19-,22-/m0/s1. The van der Waals surface area contributed by atoms with Gasteiger partial charge in [-0.05, 0) is 55.2 Å². The highest BCUT2D eigenvalue weighted by Crippen LogP contribution is 2.24. The predicted octanol–water partition coefficient (Wildman–Crippen LogP) is 2.82. The van der Waals surface area contributed by atoms with Crippen molar-refractivity contribution in [1.29, 1.82) is 0 Å². The first kappa shape index (κ1) is 27.7. The zero-order valence-corrected chi connectivity index (χ0v) is 22.7. The number of ketones is 1. The van der Waals surface area contributed by atoms with E-state index in [2.05, 4.69) is 20.6 Å². The van der Waals surface area contributed by atoms with Gasteiger partial charge in [0.25, 0.3) is 5.91 Å². The van der Waals surface area contributed by atoms with E-state index in [-0.39, 0.29) is 24.0 Å². The van der Waals surface area contributed by atoms with Crippen LogP contribution in [0.5, 0.6) is 5.75 Å². The maximum atomic E-state index is 13.6. The van der Waals surface area contributed by atoms with Gasteiger partial charge in [-0.1, -0.05) is 26.0 Å². The number of hydrogen-bond donors (Lipinski definition) is 5. The van der Waals surface area contributed by atoms with E-state index in [0.717, 1.165) is 11.3 Å². The minimum atomic E-state index is -1.35. The number of nitrogens with zero attached hydrogens (tertiary/aromatic N) is 3. The van der Waals surface area contributed by atoms with E-state index >= 15 is 0 Å². The number of nitrogens with one attached hydrogen (secondary N) is 2. The van der Waals surface area contributed by atoms with Crippen molar-refractivity contribution in [2.24, 2.45) is 17.4 Å². The molecule has 0 fully saturated rings. The summed E-state index contributed by atoms with van der Waals surface area (Å²) in [5.41, 5.74) is 14.7. The van der Waals surface area contributed by atoms with Gasteiger partial charge in [-0.3, -0.25) is 19.7 Å². The molecule has 2 amide bonds. The summed E-state index contributed by atoms with van der Waals surface area (Å²) in [7, 11) is 0. The fourth-order valence-electron chi connectivity index (χ4n) is 4.12. The summed E-state index contributed by atoms with van der Waals surface area (Å²) in [4.78, 5) is 47.7. The number of aromatic hydroxyl groups is 1. The topological polar surface area (TPSA) is 178 Å². The molecule has 0 spiro atoms. The highest BCUT2D eigenvalue weighted by atomic mass is 32.1. The molecule has 0 bridgehead atoms. The minimum absolute atomic E-state index is 0.101. The van der Waals surface area contributed by atoms with Crippen molar-refractivity contribution in [3.63, 3.8) is 0 Å². The quantitative estimate of drug-likeness (QED) is 0.177. The maximum Gasteiger partial charge on any atom is 0.257 e. The second-order valence-electron chi connectivity index (χ2n) is 9.75. The zero-order valence-electron chi connectivity index (χ0n) is 21.8. The number of thiazole rings is 1. The van der Waals surface area contributed by atoms with Crippen molar-refractivity contribution >= 4 is 51.0 Å². The number of aromatic nitrogens is 3. The van der Waals surface area contributed by atoms with Gasteiger partial charge in [0, 0.05) is 17.5 Å². The van der Waals surface area contributed by atoms with Crippen LogP contribution >= 0.6 is 11.3 Å². The average Bonchev–Trinajstić information content (AvgIpc) is 3.45. The maximum absolute atomic E-state index is 13.6. The number of benzene rings is 2. The summed E-state index contributed by atoms with van der Waals surface area (Å²) < 4.78 is 1.83. The predicted molar refractivity (Wildman–Crippen MR) is 151 cm³/mol. The molecule has 2 heterocycles. The molecule has 2 aromatic heterocycles. The van der Waals surface area contributed by atoms with Crippen molar-refractivity contribution in [3.8, 4) is 5.75 Å². The SMILES string of the molecule is Cc1csc(N[C@H](C(=O)Nc2nc3cc(C(N)=O)ccc3n2CC(C)C)C(=O)[C@@H](N)Cc2ccc(O)cc2)n1. The van der Waals surface area contributed by atoms with Gasteiger partial charge >= 0.3 is 0 Å². The van der Waals surface area contributed by atoms with E-state index in [1.807, 2.05) is 25.3 Å². The number of fused-ring (bicyclic) bond motifs is 1. The molecule has 4 aromatic rings. The molecule has 2 atom stereocenters. The molecule has 0 unspecified atom stereocenters. The Morgan fingerprint density at radius 3 is 2.44 bits per heavy atom. The van der Waals surface area contributed by atoms with E-state index in [1.165, 1.54) is 23.5 Å². The first-order valence-electron chi connectivity index (χ1n) is 12.4. The fraction of sp³-hybridized carbons (Fsp3) is 0.296. The van der Waals surface area contributed by atoms with Gasteiger partial charge in [0.05, 0.1) is 22.8 Å². The molecule has 12 heteroatoms. The summed E-state index contributed by atoms with van der Waals surface area (Å²) in [5.74, 6) is -1.23. The van der Waals surface area contributed by atoms with Crippen LogP contribution in [0.25, 0.3) is 11.0 Å². The second-order valence-corrected chi connectivity index (χ2v) is 10.6. The molecule has 0 aliphatic carbocycles. The number of rotatable bonds is 11. The third-order valence-electron chi connectivity index (χ3n) is 6.01. The number of nitrogens with two attached hydrogens (primary N) is 2. The van der Waals surface area contributed by atoms with Crippen molar-refractivity contribution in [2.45, 2.75) is 45.8 Å². The number of phenols is 1. The van der Waals surface area contributed by atoms with Crippen LogP contribution in [-0.4, -0.2) is 49.3 Å². The molecule has 0 aliphatic heterocycles. The zero-order chi connectivity index (χ0) is 28.3. The number of primary amides is 1. The lowest BCUT2D eigenvalue weighted by Crippen LogP contribution is -2.50. The molecule has 4 rings (SSSR count). The molecule has 7 N–H and O–H groups in total. The molecule has 0 radical (unpaired) electrons. The molecule has 204 valence electrons. The number of phenolic OH excluding ortho intramolecular Hbond substituents is 1. The van der Waals surface area contributed by atoms with Crippen LogP contribution in [0.1, 0.15) is 35.5 Å². The van der Waals surface area contributed by atoms with Gasteiger partial charge in [0.1, 0.15) is 5.75 Å². The van der Waals surface area contributed by atoms with Gasteiger partial charge in [-0.2, -0.15) is 0 Å². The van der Waals surface area contributed by atoms with Crippen molar-refractivity contribution in [3.05, 3.63) is 64.7 Å². The van der Waals surface area contributed by atoms with Crippen molar-refractivity contribution < 1.29 is 19.5 Å².